The molecule has 2 aromatic rings. The van der Waals surface area contributed by atoms with Crippen LogP contribution in [0.5, 0.6) is 5.75 Å². The number of aliphatic imine (C=N–C) groups is 1. The Morgan fingerprint density at radius 1 is 1.18 bits per heavy atom. The monoisotopic (exact) mass is 297 g/mol. The molecule has 2 aromatic carbocycles. The van der Waals surface area contributed by atoms with Gasteiger partial charge >= 0.3 is 5.97 Å². The molecule has 1 N–H and O–H groups in total. The third kappa shape index (κ3) is 3.09. The lowest BCUT2D eigenvalue weighted by atomic mass is 10.2. The Morgan fingerprint density at radius 2 is 1.91 bits per heavy atom. The van der Waals surface area contributed by atoms with Crippen LogP contribution in [0.2, 0.25) is 0 Å². The third-order valence-electron chi connectivity index (χ3n) is 3.29. The number of hydrogen-bond acceptors (Lipinski definition) is 4. The van der Waals surface area contributed by atoms with Crippen molar-refractivity contribution >= 4 is 11.9 Å². The molecule has 1 heterocycles. The fourth-order valence-corrected chi connectivity index (χ4v) is 2.15. The van der Waals surface area contributed by atoms with Crippen molar-refractivity contribution in [1.29, 1.82) is 0 Å². The molecule has 0 aliphatic carbocycles. The van der Waals surface area contributed by atoms with Crippen molar-refractivity contribution in [1.82, 2.24) is 0 Å². The lowest BCUT2D eigenvalue weighted by Gasteiger charge is -2.11. The summed E-state index contributed by atoms with van der Waals surface area (Å²) in [6.07, 6.45) is 0. The smallest absolute Gasteiger partial charge is 0.332 e. The first kappa shape index (κ1) is 14.1. The zero-order valence-corrected chi connectivity index (χ0v) is 11.8. The van der Waals surface area contributed by atoms with E-state index in [2.05, 4.69) is 4.99 Å². The second kappa shape index (κ2) is 6.30. The maximum atomic E-state index is 11.0. The highest BCUT2D eigenvalue weighted by Gasteiger charge is 2.27. The Morgan fingerprint density at radius 3 is 2.64 bits per heavy atom. The van der Waals surface area contributed by atoms with Gasteiger partial charge in [0.2, 0.25) is 5.90 Å². The van der Waals surface area contributed by atoms with Crippen molar-refractivity contribution in [3.8, 4) is 5.75 Å². The number of para-hydroxylation sites is 1. The molecule has 22 heavy (non-hydrogen) atoms. The number of rotatable bonds is 5. The molecule has 112 valence electrons. The Balaban J connectivity index is 1.79. The van der Waals surface area contributed by atoms with E-state index in [-0.39, 0.29) is 6.61 Å². The molecule has 0 spiro atoms. The Bertz CT molecular complexity index is 697. The lowest BCUT2D eigenvalue weighted by Crippen LogP contribution is -2.18. The van der Waals surface area contributed by atoms with Crippen LogP contribution in [0, 0.1) is 0 Å². The van der Waals surface area contributed by atoms with E-state index >= 15 is 0 Å². The zero-order valence-electron chi connectivity index (χ0n) is 11.8. The van der Waals surface area contributed by atoms with Crippen molar-refractivity contribution in [3.05, 3.63) is 65.7 Å². The summed E-state index contributed by atoms with van der Waals surface area (Å²) in [6, 6.07) is 16.3. The maximum Gasteiger partial charge on any atom is 0.332 e. The number of aliphatic carboxylic acids is 1. The van der Waals surface area contributed by atoms with Gasteiger partial charge in [0.1, 0.15) is 19.0 Å². The molecular weight excluding hydrogens is 282 g/mol. The van der Waals surface area contributed by atoms with Crippen molar-refractivity contribution in [2.24, 2.45) is 4.99 Å². The van der Waals surface area contributed by atoms with E-state index in [1.54, 1.807) is 0 Å². The molecule has 1 atom stereocenters. The van der Waals surface area contributed by atoms with Crippen molar-refractivity contribution in [2.45, 2.75) is 12.6 Å². The minimum atomic E-state index is -0.988. The van der Waals surface area contributed by atoms with Gasteiger partial charge in [0.25, 0.3) is 0 Å². The number of ether oxygens (including phenoxy) is 2. The second-order valence-corrected chi connectivity index (χ2v) is 4.87. The first-order valence-electron chi connectivity index (χ1n) is 6.93. The SMILES string of the molecule is O=C(O)C1COC(c2ccccc2OCc2ccccc2)=N1. The molecular formula is C17H15NO4. The van der Waals surface area contributed by atoms with E-state index in [1.807, 2.05) is 54.6 Å². The Hall–Kier alpha value is -2.82. The average Bonchev–Trinajstić information content (AvgIpc) is 3.04. The first-order valence-corrected chi connectivity index (χ1v) is 6.93. The van der Waals surface area contributed by atoms with Gasteiger partial charge in [0.05, 0.1) is 5.56 Å². The summed E-state index contributed by atoms with van der Waals surface area (Å²) in [5.74, 6) is -0.0510. The topological polar surface area (TPSA) is 68.1 Å². The third-order valence-corrected chi connectivity index (χ3v) is 3.29. The van der Waals surface area contributed by atoms with Crippen LogP contribution >= 0.6 is 0 Å². The van der Waals surface area contributed by atoms with E-state index < -0.39 is 12.0 Å². The fourth-order valence-electron chi connectivity index (χ4n) is 2.15. The van der Waals surface area contributed by atoms with Crippen molar-refractivity contribution in [2.75, 3.05) is 6.61 Å². The number of carboxylic acid groups (broad SMARTS) is 1. The molecule has 5 nitrogen and oxygen atoms in total. The lowest BCUT2D eigenvalue weighted by molar-refractivity contribution is -0.138. The van der Waals surface area contributed by atoms with Gasteiger partial charge in [0.15, 0.2) is 6.04 Å². The van der Waals surface area contributed by atoms with Gasteiger partial charge in [-0.05, 0) is 17.7 Å². The predicted molar refractivity (Wildman–Crippen MR) is 81.1 cm³/mol. The summed E-state index contributed by atoms with van der Waals surface area (Å²) >= 11 is 0. The highest BCUT2D eigenvalue weighted by molar-refractivity contribution is 5.99. The normalized spacial score (nSPS) is 16.7. The van der Waals surface area contributed by atoms with Crippen LogP contribution in [-0.4, -0.2) is 29.6 Å². The van der Waals surface area contributed by atoms with Crippen LogP contribution in [0.1, 0.15) is 11.1 Å². The van der Waals surface area contributed by atoms with E-state index in [9.17, 15) is 4.79 Å². The fraction of sp³-hybridized carbons (Fsp3) is 0.176. The summed E-state index contributed by atoms with van der Waals surface area (Å²) < 4.78 is 11.2. The Labute approximate surface area is 127 Å². The van der Waals surface area contributed by atoms with Gasteiger partial charge in [-0.3, -0.25) is 0 Å². The van der Waals surface area contributed by atoms with Gasteiger partial charge in [-0.1, -0.05) is 42.5 Å². The van der Waals surface area contributed by atoms with Crippen LogP contribution in [0.3, 0.4) is 0 Å². The summed E-state index contributed by atoms with van der Waals surface area (Å²) in [5, 5.41) is 8.98. The van der Waals surface area contributed by atoms with Crippen LogP contribution < -0.4 is 4.74 Å². The number of carbonyl (C=O) groups is 1. The van der Waals surface area contributed by atoms with Crippen LogP contribution in [0.15, 0.2) is 59.6 Å². The molecule has 0 fully saturated rings. The molecule has 0 radical (unpaired) electrons. The quantitative estimate of drug-likeness (QED) is 0.920. The van der Waals surface area contributed by atoms with E-state index in [0.717, 1.165) is 5.56 Å². The van der Waals surface area contributed by atoms with Crippen molar-refractivity contribution in [3.63, 3.8) is 0 Å². The van der Waals surface area contributed by atoms with Crippen LogP contribution in [-0.2, 0) is 16.1 Å². The molecule has 0 saturated carbocycles. The van der Waals surface area contributed by atoms with Gasteiger partial charge in [-0.15, -0.1) is 0 Å². The molecule has 0 amide bonds. The average molecular weight is 297 g/mol. The van der Waals surface area contributed by atoms with E-state index in [1.165, 1.54) is 0 Å². The van der Waals surface area contributed by atoms with Gasteiger partial charge in [-0.2, -0.15) is 0 Å². The summed E-state index contributed by atoms with van der Waals surface area (Å²) in [6.45, 7) is 0.477. The standard InChI is InChI=1S/C17H15NO4/c19-17(20)14-11-22-16(18-14)13-8-4-5-9-15(13)21-10-12-6-2-1-3-7-12/h1-9,14H,10-11H2,(H,19,20). The Kier molecular flexibility index (Phi) is 4.05. The summed E-state index contributed by atoms with van der Waals surface area (Å²) in [5.41, 5.74) is 1.72. The minimum Gasteiger partial charge on any atom is -0.488 e. The largest absolute Gasteiger partial charge is 0.488 e. The molecule has 1 aliphatic heterocycles. The second-order valence-electron chi connectivity index (χ2n) is 4.87. The number of hydrogen-bond donors (Lipinski definition) is 1. The molecule has 1 unspecified atom stereocenters. The maximum absolute atomic E-state index is 11.0. The summed E-state index contributed by atoms with van der Waals surface area (Å²) in [7, 11) is 0. The van der Waals surface area contributed by atoms with Gasteiger partial charge < -0.3 is 14.6 Å². The molecule has 0 saturated heterocycles. The zero-order chi connectivity index (χ0) is 15.4. The highest BCUT2D eigenvalue weighted by atomic mass is 16.5. The van der Waals surface area contributed by atoms with Gasteiger partial charge in [-0.25, -0.2) is 9.79 Å². The van der Waals surface area contributed by atoms with E-state index in [0.29, 0.717) is 23.8 Å². The van der Waals surface area contributed by atoms with Crippen LogP contribution in [0.25, 0.3) is 0 Å². The number of nitrogens with zero attached hydrogens (tertiary/aromatic N) is 1. The molecule has 3 rings (SSSR count). The molecule has 5 heteroatoms. The number of benzene rings is 2. The summed E-state index contributed by atoms with van der Waals surface area (Å²) in [4.78, 5) is 15.0. The predicted octanol–water partition coefficient (Wildman–Crippen LogP) is 2.50. The molecule has 0 aromatic heterocycles. The highest BCUT2D eigenvalue weighted by Crippen LogP contribution is 2.23. The van der Waals surface area contributed by atoms with Crippen molar-refractivity contribution < 1.29 is 19.4 Å². The van der Waals surface area contributed by atoms with Crippen LogP contribution in [0.4, 0.5) is 0 Å². The number of carboxylic acids is 1. The van der Waals surface area contributed by atoms with E-state index in [4.69, 9.17) is 14.6 Å². The molecule has 0 bridgehead atoms. The minimum absolute atomic E-state index is 0.0533. The first-order chi connectivity index (χ1) is 10.7. The van der Waals surface area contributed by atoms with Gasteiger partial charge in [0, 0.05) is 0 Å². The molecule has 1 aliphatic rings.